The molecule has 0 radical (unpaired) electrons. The molecule has 0 spiro atoms. The second-order valence-electron chi connectivity index (χ2n) is 31.3. The Balaban J connectivity index is 0.000000135. The molecule has 19 rings (SSSR count). The summed E-state index contributed by atoms with van der Waals surface area (Å²) in [6, 6.07) is 49.7. The van der Waals surface area contributed by atoms with Gasteiger partial charge in [0.05, 0.1) is 170 Å². The number of anilines is 5. The van der Waals surface area contributed by atoms with Crippen LogP contribution >= 0.6 is 15.9 Å². The van der Waals surface area contributed by atoms with E-state index in [0.29, 0.717) is 159 Å². The Bertz CT molecular complexity index is 7450. The molecule has 0 saturated carbocycles. The molecule has 0 aliphatic rings. The zero-order chi connectivity index (χ0) is 101. The van der Waals surface area contributed by atoms with Crippen LogP contribution in [0.3, 0.4) is 0 Å². The van der Waals surface area contributed by atoms with Gasteiger partial charge in [0.15, 0.2) is 0 Å². The number of nitrogens with zero attached hydrogens (tertiary/aromatic N) is 24. The van der Waals surface area contributed by atoms with Crippen molar-refractivity contribution in [1.82, 2.24) is 129 Å². The molecule has 43 heteroatoms. The average Bonchev–Trinajstić information content (AvgIpc) is 1.62. The van der Waals surface area contributed by atoms with E-state index in [4.69, 9.17) is 28.4 Å². The summed E-state index contributed by atoms with van der Waals surface area (Å²) in [6.07, 6.45) is 28.5. The fourth-order valence-corrected chi connectivity index (χ4v) is 14.1. The molecule has 143 heavy (non-hydrogen) atoms. The third-order valence-corrected chi connectivity index (χ3v) is 20.9. The first kappa shape index (κ1) is 98.4. The molecule has 0 unspecified atom stereocenters. The van der Waals surface area contributed by atoms with E-state index in [1.54, 1.807) is 339 Å². The molecule has 7 N–H and O–H groups in total. The van der Waals surface area contributed by atoms with Crippen LogP contribution in [0.4, 0.5) is 28.4 Å². The maximum atomic E-state index is 13.0. The van der Waals surface area contributed by atoms with E-state index in [1.807, 2.05) is 51.1 Å². The Labute approximate surface area is 825 Å². The molecule has 19 aromatic heterocycles. The summed E-state index contributed by atoms with van der Waals surface area (Å²) in [7, 11) is 16.8. The van der Waals surface area contributed by atoms with Gasteiger partial charge in [-0.2, -0.15) is 35.7 Å². The van der Waals surface area contributed by atoms with E-state index in [9.17, 15) is 24.0 Å². The predicted molar refractivity (Wildman–Crippen MR) is 536 cm³/mol. The number of aromatic amines is 2. The second kappa shape index (κ2) is 46.2. The first-order chi connectivity index (χ1) is 69.3. The highest BCUT2D eigenvalue weighted by Gasteiger charge is 2.25. The van der Waals surface area contributed by atoms with E-state index in [2.05, 4.69) is 148 Å². The lowest BCUT2D eigenvalue weighted by Gasteiger charge is -2.10. The maximum Gasteiger partial charge on any atom is 0.274 e. The van der Waals surface area contributed by atoms with Crippen molar-refractivity contribution < 1.29 is 52.4 Å². The number of H-pyrrole nitrogens is 2. The smallest absolute Gasteiger partial charge is 0.274 e. The lowest BCUT2D eigenvalue weighted by atomic mass is 10.1. The quantitative estimate of drug-likeness (QED) is 0.0248. The summed E-state index contributed by atoms with van der Waals surface area (Å²) >= 11 is 3.26. The fraction of sp³-hybridized carbons (Fsp3) is 0.140. The predicted octanol–water partition coefficient (Wildman–Crippen LogP) is 15.5. The topological polar surface area (TPSA) is 502 Å². The van der Waals surface area contributed by atoms with E-state index in [-0.39, 0.29) is 52.7 Å². The summed E-state index contributed by atoms with van der Waals surface area (Å²) in [5.74, 6) is 2.17. The van der Waals surface area contributed by atoms with Crippen molar-refractivity contribution in [2.24, 2.45) is 35.2 Å². The third-order valence-electron chi connectivity index (χ3n) is 20.5. The third kappa shape index (κ3) is 25.6. The molecule has 0 fully saturated rings. The SMILES string of the molecule is COc1ccc(-c2nn(C)cc2NC(=O)c2cccc(-c3ccn[nH]3)n2)nc1.COc1ccc(-c2nn(C)cc2NC(=O)c2cccc(-c3cn[nH]c3)n2)nc1.COc1ccc(-c2nn(C)cc2NC(=O)c2cccc(-c3cncc(C)c3)n2)nc1.COc1ccc(-c2nn(C)cc2NC(=O)c2cccc(-c3cncc(OC(C)C)c3)n2)nc1.COc1ccc(-c2nn(C)cc2NC(=O)c2cccc(Br)n2)nc1. The Morgan fingerprint density at radius 3 is 0.937 bits per heavy atom. The Hall–Kier alpha value is -19.1. The zero-order valence-corrected chi connectivity index (χ0v) is 80.7. The lowest BCUT2D eigenvalue weighted by Crippen LogP contribution is -2.14. The van der Waals surface area contributed by atoms with Crippen LogP contribution in [-0.2, 0) is 35.2 Å². The van der Waals surface area contributed by atoms with E-state index in [0.717, 1.165) is 27.9 Å². The molecule has 720 valence electrons. The fourth-order valence-electron chi connectivity index (χ4n) is 13.8. The van der Waals surface area contributed by atoms with Gasteiger partial charge in [-0.15, -0.1) is 0 Å². The second-order valence-corrected chi connectivity index (χ2v) is 32.1. The van der Waals surface area contributed by atoms with Crippen molar-refractivity contribution in [2.45, 2.75) is 26.9 Å². The molecule has 0 aromatic carbocycles. The summed E-state index contributed by atoms with van der Waals surface area (Å²) < 4.78 is 40.1. The largest absolute Gasteiger partial charge is 0.495 e. The highest BCUT2D eigenvalue weighted by atomic mass is 79.9. The van der Waals surface area contributed by atoms with Crippen LogP contribution in [0.1, 0.15) is 71.9 Å². The molecule has 0 saturated heterocycles. The number of methoxy groups -OCH3 is 5. The van der Waals surface area contributed by atoms with Crippen LogP contribution in [-0.4, -0.2) is 200 Å². The standard InChI is InChI=1S/C24H24N6O3.C22H20N6O2.2C19H17N7O2.C16H14BrN5O2/c1-15(2)33-18-10-16(11-25-12-18)19-6-5-7-21(27-19)24(31)28-22-14-30(3)29-23(22)20-9-8-17(32-4)13-26-20;1-14-9-15(11-23-10-14)17-5-4-6-19(25-17)22(29)26-20-13-28(2)27-21(20)18-8-7-16(30-3)12-24-18;1-26-11-17(18(25-26)15-7-6-13(28-2)10-20-15)24-19(27)16-5-3-4-14(23-16)12-8-21-22-9-12;1-26-11-17(18(25-26)15-7-6-12(28-2)10-20-15)23-19(27)16-5-3-4-13(22-16)14-8-9-21-24-14;1-22-9-13(20-16(23)12-4-3-5-14(17)19-12)15(21-22)11-7-6-10(24-2)8-18-11/h5-15H,1-4H3,(H,28,31);4-13H,1-3H3,(H,26,29);3-11H,1-2H3,(H,21,22)(H,24,27);3-11H,1-2H3,(H,21,24)(H,23,27);3-9H,1-2H3,(H,20,23). The van der Waals surface area contributed by atoms with Crippen LogP contribution in [0.15, 0.2) is 280 Å². The van der Waals surface area contributed by atoms with Gasteiger partial charge in [0.1, 0.15) is 96.0 Å². The Kier molecular flexibility index (Phi) is 31.8. The number of ether oxygens (including phenoxy) is 6. The number of hydrogen-bond donors (Lipinski definition) is 7. The molecular weight excluding hydrogens is 1890 g/mol. The van der Waals surface area contributed by atoms with Gasteiger partial charge in [-0.25, -0.2) is 24.9 Å². The van der Waals surface area contributed by atoms with E-state index < -0.39 is 0 Å². The normalized spacial score (nSPS) is 10.7. The monoisotopic (exact) mass is 1980 g/mol. The van der Waals surface area contributed by atoms with E-state index >= 15 is 0 Å². The van der Waals surface area contributed by atoms with Crippen LogP contribution in [0.5, 0.6) is 34.5 Å². The van der Waals surface area contributed by atoms with Gasteiger partial charge < -0.3 is 55.0 Å². The minimum absolute atomic E-state index is 0.0287. The minimum atomic E-state index is -0.359. The number of halogens is 1. The molecule has 0 aliphatic heterocycles. The van der Waals surface area contributed by atoms with Gasteiger partial charge >= 0.3 is 0 Å². The average molecular weight is 1980 g/mol. The lowest BCUT2D eigenvalue weighted by molar-refractivity contribution is 0.101. The highest BCUT2D eigenvalue weighted by molar-refractivity contribution is 9.10. The van der Waals surface area contributed by atoms with Gasteiger partial charge in [-0.05, 0) is 182 Å². The molecule has 0 atom stereocenters. The summed E-state index contributed by atoms with van der Waals surface area (Å²) in [5.41, 5.74) is 16.8. The number of aryl methyl sites for hydroxylation is 6. The van der Waals surface area contributed by atoms with Crippen LogP contribution < -0.4 is 55.0 Å². The molecule has 19 heterocycles. The highest BCUT2D eigenvalue weighted by Crippen LogP contribution is 2.34. The van der Waals surface area contributed by atoms with Gasteiger partial charge in [-0.1, -0.05) is 30.3 Å². The molecule has 19 aromatic rings. The number of carbonyl (C=O) groups is 5. The number of rotatable bonds is 26. The van der Waals surface area contributed by atoms with Crippen molar-refractivity contribution >= 4 is 73.9 Å². The summed E-state index contributed by atoms with van der Waals surface area (Å²) in [5, 5.41) is 49.8. The molecule has 42 nitrogen and oxygen atoms in total. The number of nitrogens with one attached hydrogen (secondary N) is 7. The van der Waals surface area contributed by atoms with Crippen molar-refractivity contribution in [2.75, 3.05) is 62.1 Å². The molecular formula is C100H92BrN31O11. The van der Waals surface area contributed by atoms with Gasteiger partial charge in [0.25, 0.3) is 29.5 Å². The molecule has 5 amide bonds. The maximum absolute atomic E-state index is 13.0. The minimum Gasteiger partial charge on any atom is -0.495 e. The molecule has 0 aliphatic carbocycles. The van der Waals surface area contributed by atoms with E-state index in [1.165, 1.54) is 0 Å². The number of hydrogen-bond acceptors (Lipinski definition) is 30. The number of amides is 5. The Morgan fingerprint density at radius 1 is 0.329 bits per heavy atom. The number of carbonyl (C=O) groups excluding carboxylic acids is 5. The van der Waals surface area contributed by atoms with Gasteiger partial charge in [-0.3, -0.25) is 92.5 Å². The summed E-state index contributed by atoms with van der Waals surface area (Å²) in [6.45, 7) is 5.86. The van der Waals surface area contributed by atoms with Gasteiger partial charge in [0, 0.05) is 114 Å². The molecule has 0 bridgehead atoms. The van der Waals surface area contributed by atoms with Crippen LogP contribution in [0.25, 0.3) is 102 Å². The zero-order valence-electron chi connectivity index (χ0n) is 79.2. The van der Waals surface area contributed by atoms with Crippen LogP contribution in [0.2, 0.25) is 0 Å². The van der Waals surface area contributed by atoms with Crippen molar-refractivity contribution in [3.8, 4) is 137 Å². The summed E-state index contributed by atoms with van der Waals surface area (Å²) in [4.78, 5) is 116. The van der Waals surface area contributed by atoms with Crippen LogP contribution in [0, 0.1) is 6.92 Å². The van der Waals surface area contributed by atoms with Crippen molar-refractivity contribution in [1.29, 1.82) is 0 Å². The Morgan fingerprint density at radius 2 is 0.643 bits per heavy atom. The van der Waals surface area contributed by atoms with Gasteiger partial charge in [0.2, 0.25) is 0 Å². The first-order valence-corrected chi connectivity index (χ1v) is 44.4. The van der Waals surface area contributed by atoms with Crippen molar-refractivity contribution in [3.63, 3.8) is 0 Å². The van der Waals surface area contributed by atoms with Crippen molar-refractivity contribution in [3.05, 3.63) is 314 Å². The number of aromatic nitrogens is 26. The number of pyridine rings is 12. The first-order valence-electron chi connectivity index (χ1n) is 43.6.